The van der Waals surface area contributed by atoms with Crippen molar-refractivity contribution < 1.29 is 13.5 Å². The van der Waals surface area contributed by atoms with Crippen LogP contribution in [-0.4, -0.2) is 62.9 Å². The molecule has 0 atom stereocenters. The van der Waals surface area contributed by atoms with Crippen LogP contribution in [0.3, 0.4) is 0 Å². The van der Waals surface area contributed by atoms with E-state index in [-0.39, 0.29) is 28.6 Å². The van der Waals surface area contributed by atoms with Crippen LogP contribution in [0.1, 0.15) is 31.2 Å². The Labute approximate surface area is 183 Å². The lowest BCUT2D eigenvalue weighted by Gasteiger charge is -2.38. The van der Waals surface area contributed by atoms with Crippen molar-refractivity contribution in [3.63, 3.8) is 0 Å². The molecule has 1 saturated heterocycles. The molecule has 5 rings (SSSR count). The van der Waals surface area contributed by atoms with Crippen LogP contribution in [-0.2, 0) is 4.74 Å². The van der Waals surface area contributed by atoms with Gasteiger partial charge >= 0.3 is 0 Å². The largest absolute Gasteiger partial charge is 0.379 e. The van der Waals surface area contributed by atoms with E-state index in [2.05, 4.69) is 25.3 Å². The summed E-state index contributed by atoms with van der Waals surface area (Å²) < 4.78 is 35.7. The van der Waals surface area contributed by atoms with Gasteiger partial charge in [-0.25, -0.2) is 13.8 Å². The minimum absolute atomic E-state index is 0.116. The molecule has 10 heteroatoms. The fraction of sp³-hybridized carbons (Fsp3) is 0.455. The second-order valence-corrected chi connectivity index (χ2v) is 8.17. The first-order chi connectivity index (χ1) is 15.6. The number of benzene rings is 1. The van der Waals surface area contributed by atoms with Crippen LogP contribution < -0.4 is 5.32 Å². The number of hydrogen-bond acceptors (Lipinski definition) is 7. The summed E-state index contributed by atoms with van der Waals surface area (Å²) in [6.45, 7) is 3.51. The minimum atomic E-state index is -0.760. The number of halogens is 2. The maximum absolute atomic E-state index is 14.4. The van der Waals surface area contributed by atoms with E-state index < -0.39 is 11.6 Å². The SMILES string of the molecule is N#Cc1cnn2c(NC3CCC(N4CCOCC4)CC3)nc(-c3c(F)cccc3F)nc12. The van der Waals surface area contributed by atoms with Crippen LogP contribution in [0.15, 0.2) is 24.4 Å². The molecule has 32 heavy (non-hydrogen) atoms. The maximum Gasteiger partial charge on any atom is 0.228 e. The summed E-state index contributed by atoms with van der Waals surface area (Å²) in [5.74, 6) is -1.31. The monoisotopic (exact) mass is 439 g/mol. The van der Waals surface area contributed by atoms with Gasteiger partial charge in [-0.1, -0.05) is 6.07 Å². The predicted molar refractivity (Wildman–Crippen MR) is 113 cm³/mol. The standard InChI is InChI=1S/C22H23F2N7O/c23-17-2-1-3-18(24)19(17)20-28-21-14(12-25)13-26-31(21)22(29-20)27-15-4-6-16(7-5-15)30-8-10-32-11-9-30/h1-3,13,15-16H,4-11H2,(H,27,28,29). The van der Waals surface area contributed by atoms with E-state index in [9.17, 15) is 14.0 Å². The van der Waals surface area contributed by atoms with Crippen molar-refractivity contribution in [3.05, 3.63) is 41.6 Å². The van der Waals surface area contributed by atoms with E-state index in [0.29, 0.717) is 12.0 Å². The summed E-state index contributed by atoms with van der Waals surface area (Å²) >= 11 is 0. The molecular weight excluding hydrogens is 416 g/mol. The van der Waals surface area contributed by atoms with Crippen molar-refractivity contribution in [2.45, 2.75) is 37.8 Å². The molecule has 1 aliphatic heterocycles. The van der Waals surface area contributed by atoms with Gasteiger partial charge in [0.05, 0.1) is 25.0 Å². The average Bonchev–Trinajstić information content (AvgIpc) is 3.23. The summed E-state index contributed by atoms with van der Waals surface area (Å²) in [4.78, 5) is 11.2. The highest BCUT2D eigenvalue weighted by Gasteiger charge is 2.28. The number of hydrogen-bond donors (Lipinski definition) is 1. The van der Waals surface area contributed by atoms with Gasteiger partial charge < -0.3 is 10.1 Å². The number of aromatic nitrogens is 4. The number of anilines is 1. The summed E-state index contributed by atoms with van der Waals surface area (Å²) in [5, 5.41) is 17.0. The molecule has 0 amide bonds. The Morgan fingerprint density at radius 2 is 1.78 bits per heavy atom. The second kappa shape index (κ2) is 8.76. The number of nitrogens with one attached hydrogen (secondary N) is 1. The van der Waals surface area contributed by atoms with Crippen molar-refractivity contribution in [1.82, 2.24) is 24.5 Å². The van der Waals surface area contributed by atoms with E-state index in [0.717, 1.165) is 64.1 Å². The summed E-state index contributed by atoms with van der Waals surface area (Å²) in [6, 6.07) is 6.32. The van der Waals surface area contributed by atoms with Crippen molar-refractivity contribution in [2.24, 2.45) is 0 Å². The molecule has 3 heterocycles. The van der Waals surface area contributed by atoms with Gasteiger partial charge in [-0.15, -0.1) is 0 Å². The third-order valence-corrected chi connectivity index (χ3v) is 6.27. The predicted octanol–water partition coefficient (Wildman–Crippen LogP) is 3.00. The number of ether oxygens (including phenoxy) is 1. The first kappa shape index (κ1) is 20.7. The van der Waals surface area contributed by atoms with E-state index in [4.69, 9.17) is 4.74 Å². The molecular formula is C22H23F2N7O. The number of morpholine rings is 1. The highest BCUT2D eigenvalue weighted by Crippen LogP contribution is 2.28. The number of nitrogens with zero attached hydrogens (tertiary/aromatic N) is 6. The van der Waals surface area contributed by atoms with Gasteiger partial charge in [0.15, 0.2) is 11.5 Å². The maximum atomic E-state index is 14.4. The van der Waals surface area contributed by atoms with Crippen molar-refractivity contribution in [1.29, 1.82) is 5.26 Å². The second-order valence-electron chi connectivity index (χ2n) is 8.17. The van der Waals surface area contributed by atoms with Gasteiger partial charge in [-0.3, -0.25) is 4.90 Å². The Hall–Kier alpha value is -3.16. The van der Waals surface area contributed by atoms with Crippen LogP contribution in [0.2, 0.25) is 0 Å². The molecule has 166 valence electrons. The van der Waals surface area contributed by atoms with Gasteiger partial charge in [-0.2, -0.15) is 19.9 Å². The van der Waals surface area contributed by atoms with E-state index in [1.54, 1.807) is 0 Å². The molecule has 2 aliphatic rings. The van der Waals surface area contributed by atoms with E-state index >= 15 is 0 Å². The summed E-state index contributed by atoms with van der Waals surface area (Å²) in [5.41, 5.74) is 0.105. The average molecular weight is 439 g/mol. The lowest BCUT2D eigenvalue weighted by Crippen LogP contribution is -2.46. The molecule has 0 unspecified atom stereocenters. The van der Waals surface area contributed by atoms with Gasteiger partial charge in [0, 0.05) is 25.2 Å². The Bertz CT molecular complexity index is 1140. The first-order valence-electron chi connectivity index (χ1n) is 10.8. The van der Waals surface area contributed by atoms with Gasteiger partial charge in [0.1, 0.15) is 23.3 Å². The van der Waals surface area contributed by atoms with Gasteiger partial charge in [0.2, 0.25) is 5.95 Å². The third kappa shape index (κ3) is 3.89. The Kier molecular flexibility index (Phi) is 5.68. The van der Waals surface area contributed by atoms with E-state index in [1.807, 2.05) is 6.07 Å². The highest BCUT2D eigenvalue weighted by molar-refractivity contribution is 5.65. The smallest absolute Gasteiger partial charge is 0.228 e. The van der Waals surface area contributed by atoms with Crippen molar-refractivity contribution in [2.75, 3.05) is 31.6 Å². The minimum Gasteiger partial charge on any atom is -0.379 e. The Morgan fingerprint density at radius 3 is 2.47 bits per heavy atom. The molecule has 8 nitrogen and oxygen atoms in total. The van der Waals surface area contributed by atoms with Crippen molar-refractivity contribution in [3.8, 4) is 17.5 Å². The summed E-state index contributed by atoms with van der Waals surface area (Å²) in [7, 11) is 0. The van der Waals surface area contributed by atoms with E-state index in [1.165, 1.54) is 16.8 Å². The Morgan fingerprint density at radius 1 is 1.06 bits per heavy atom. The molecule has 1 aliphatic carbocycles. The van der Waals surface area contributed by atoms with Gasteiger partial charge in [-0.05, 0) is 37.8 Å². The topological polar surface area (TPSA) is 91.4 Å². The van der Waals surface area contributed by atoms with Crippen molar-refractivity contribution >= 4 is 11.6 Å². The fourth-order valence-electron chi connectivity index (χ4n) is 4.58. The molecule has 2 aromatic heterocycles. The zero-order chi connectivity index (χ0) is 22.1. The molecule has 1 aromatic carbocycles. The number of nitriles is 1. The van der Waals surface area contributed by atoms with Crippen LogP contribution >= 0.6 is 0 Å². The van der Waals surface area contributed by atoms with Gasteiger partial charge in [0.25, 0.3) is 0 Å². The molecule has 0 radical (unpaired) electrons. The number of rotatable bonds is 4. The highest BCUT2D eigenvalue weighted by atomic mass is 19.1. The third-order valence-electron chi connectivity index (χ3n) is 6.27. The fourth-order valence-corrected chi connectivity index (χ4v) is 4.58. The van der Waals surface area contributed by atoms with Crippen LogP contribution in [0, 0.1) is 23.0 Å². The molecule has 1 N–H and O–H groups in total. The zero-order valence-corrected chi connectivity index (χ0v) is 17.5. The normalized spacial score (nSPS) is 22.0. The molecule has 2 fully saturated rings. The Balaban J connectivity index is 1.42. The van der Waals surface area contributed by atoms with Crippen LogP contribution in [0.25, 0.3) is 17.0 Å². The number of fused-ring (bicyclic) bond motifs is 1. The summed E-state index contributed by atoms with van der Waals surface area (Å²) in [6.07, 6.45) is 5.34. The van der Waals surface area contributed by atoms with Crippen LogP contribution in [0.5, 0.6) is 0 Å². The molecule has 3 aromatic rings. The molecule has 0 bridgehead atoms. The molecule has 0 spiro atoms. The first-order valence-corrected chi connectivity index (χ1v) is 10.8. The zero-order valence-electron chi connectivity index (χ0n) is 17.5. The quantitative estimate of drug-likeness (QED) is 0.668. The van der Waals surface area contributed by atoms with Crippen LogP contribution in [0.4, 0.5) is 14.7 Å². The molecule has 1 saturated carbocycles. The lowest BCUT2D eigenvalue weighted by atomic mass is 9.90. The lowest BCUT2D eigenvalue weighted by molar-refractivity contribution is 0.00789.